The van der Waals surface area contributed by atoms with Crippen LogP contribution in [0.1, 0.15) is 23.6 Å². The van der Waals surface area contributed by atoms with E-state index in [9.17, 15) is 13.2 Å². The van der Waals surface area contributed by atoms with Gasteiger partial charge in [-0.25, -0.2) is 8.42 Å². The van der Waals surface area contributed by atoms with Crippen LogP contribution in [0.2, 0.25) is 0 Å². The molecule has 1 aliphatic heterocycles. The molecule has 0 N–H and O–H groups in total. The van der Waals surface area contributed by atoms with Gasteiger partial charge in [0, 0.05) is 0 Å². The van der Waals surface area contributed by atoms with Gasteiger partial charge in [-0.3, -0.25) is 9.10 Å². The maximum Gasteiger partial charge on any atom is 0.307 e. The smallest absolute Gasteiger partial charge is 0.307 e. The van der Waals surface area contributed by atoms with E-state index in [1.165, 1.54) is 11.4 Å². The molecule has 2 aromatic rings. The average Bonchev–Trinajstić information content (AvgIpc) is 2.76. The molecule has 5 nitrogen and oxygen atoms in total. The maximum absolute atomic E-state index is 13.0. The number of methoxy groups -OCH3 is 1. The molecule has 0 saturated heterocycles. The summed E-state index contributed by atoms with van der Waals surface area (Å²) < 4.78 is 32.1. The molecule has 1 unspecified atom stereocenters. The Balaban J connectivity index is 2.21. The van der Waals surface area contributed by atoms with Crippen molar-refractivity contribution >= 4 is 21.7 Å². The highest BCUT2D eigenvalue weighted by molar-refractivity contribution is 7.93. The molecule has 0 amide bonds. The third kappa shape index (κ3) is 2.49. The summed E-state index contributed by atoms with van der Waals surface area (Å²) in [7, 11) is -2.40. The van der Waals surface area contributed by atoms with Crippen LogP contribution in [0.5, 0.6) is 0 Å². The molecule has 1 aliphatic rings. The van der Waals surface area contributed by atoms with E-state index in [4.69, 9.17) is 4.74 Å². The van der Waals surface area contributed by atoms with E-state index in [-0.39, 0.29) is 11.3 Å². The number of nitrogens with zero attached hydrogens (tertiary/aromatic N) is 1. The Kier molecular flexibility index (Phi) is 3.85. The Morgan fingerprint density at radius 1 is 1.13 bits per heavy atom. The van der Waals surface area contributed by atoms with Gasteiger partial charge in [0.1, 0.15) is 0 Å². The first kappa shape index (κ1) is 15.6. The fraction of sp³-hybridized carbons (Fsp3) is 0.235. The normalized spacial score (nSPS) is 18.5. The summed E-state index contributed by atoms with van der Waals surface area (Å²) in [5.74, 6) is -0.442. The van der Waals surface area contributed by atoms with Crippen molar-refractivity contribution in [3.05, 3.63) is 59.7 Å². The van der Waals surface area contributed by atoms with Gasteiger partial charge >= 0.3 is 5.97 Å². The molecule has 0 aromatic heterocycles. The topological polar surface area (TPSA) is 63.7 Å². The molecule has 0 radical (unpaired) electrons. The van der Waals surface area contributed by atoms with Crippen LogP contribution in [0.15, 0.2) is 53.4 Å². The van der Waals surface area contributed by atoms with Gasteiger partial charge in [0.05, 0.1) is 30.2 Å². The number of aryl methyl sites for hydroxylation is 1. The van der Waals surface area contributed by atoms with Crippen LogP contribution in [0.3, 0.4) is 0 Å². The predicted molar refractivity (Wildman–Crippen MR) is 86.7 cm³/mol. The van der Waals surface area contributed by atoms with Crippen LogP contribution in [0.4, 0.5) is 5.69 Å². The lowest BCUT2D eigenvalue weighted by molar-refractivity contribution is -0.141. The van der Waals surface area contributed by atoms with Gasteiger partial charge in [-0.15, -0.1) is 0 Å². The standard InChI is InChI=1S/C17H17NO4S/c1-12-7-6-10-15-17(12)14(11-16(19)22-2)18(23(15,20)21)13-8-4-3-5-9-13/h3-10,14H,11H2,1-2H3. The number of anilines is 1. The Labute approximate surface area is 135 Å². The minimum Gasteiger partial charge on any atom is -0.469 e. The summed E-state index contributed by atoms with van der Waals surface area (Å²) in [6.45, 7) is 1.85. The molecule has 23 heavy (non-hydrogen) atoms. The molecule has 1 heterocycles. The van der Waals surface area contributed by atoms with Crippen molar-refractivity contribution in [2.45, 2.75) is 24.3 Å². The lowest BCUT2D eigenvalue weighted by Crippen LogP contribution is -2.29. The molecule has 6 heteroatoms. The predicted octanol–water partition coefficient (Wildman–Crippen LogP) is 2.81. The summed E-state index contributed by atoms with van der Waals surface area (Å²) in [6, 6.07) is 13.4. The van der Waals surface area contributed by atoms with E-state index in [2.05, 4.69) is 0 Å². The number of carbonyl (C=O) groups excluding carboxylic acids is 1. The molecule has 0 spiro atoms. The minimum absolute atomic E-state index is 0.0253. The van der Waals surface area contributed by atoms with E-state index >= 15 is 0 Å². The molecular weight excluding hydrogens is 314 g/mol. The Morgan fingerprint density at radius 3 is 2.48 bits per heavy atom. The first-order chi connectivity index (χ1) is 11.0. The number of hydrogen-bond donors (Lipinski definition) is 0. The Hall–Kier alpha value is -2.34. The second-order valence-corrected chi connectivity index (χ2v) is 7.20. The van der Waals surface area contributed by atoms with Crippen LogP contribution < -0.4 is 4.31 Å². The number of rotatable bonds is 3. The van der Waals surface area contributed by atoms with Crippen LogP contribution >= 0.6 is 0 Å². The lowest BCUT2D eigenvalue weighted by Gasteiger charge is -2.25. The Morgan fingerprint density at radius 2 is 1.83 bits per heavy atom. The summed E-state index contributed by atoms with van der Waals surface area (Å²) in [5, 5.41) is 0. The van der Waals surface area contributed by atoms with Gasteiger partial charge in [-0.1, -0.05) is 30.3 Å². The van der Waals surface area contributed by atoms with Crippen molar-refractivity contribution in [3.63, 3.8) is 0 Å². The number of carbonyl (C=O) groups is 1. The van der Waals surface area contributed by atoms with Gasteiger partial charge in [0.2, 0.25) is 0 Å². The lowest BCUT2D eigenvalue weighted by atomic mass is 9.98. The number of fused-ring (bicyclic) bond motifs is 1. The zero-order valence-electron chi connectivity index (χ0n) is 12.9. The zero-order valence-corrected chi connectivity index (χ0v) is 13.7. The maximum atomic E-state index is 13.0. The van der Waals surface area contributed by atoms with E-state index in [0.717, 1.165) is 5.56 Å². The Bertz CT molecular complexity index is 846. The van der Waals surface area contributed by atoms with Crippen molar-refractivity contribution < 1.29 is 17.9 Å². The highest BCUT2D eigenvalue weighted by atomic mass is 32.2. The van der Waals surface area contributed by atoms with Gasteiger partial charge in [0.15, 0.2) is 0 Å². The van der Waals surface area contributed by atoms with Gasteiger partial charge < -0.3 is 4.74 Å². The van der Waals surface area contributed by atoms with Crippen LogP contribution in [-0.4, -0.2) is 21.5 Å². The van der Waals surface area contributed by atoms with Crippen molar-refractivity contribution in [1.29, 1.82) is 0 Å². The number of ether oxygens (including phenoxy) is 1. The SMILES string of the molecule is COC(=O)CC1c2c(C)cccc2S(=O)(=O)N1c1ccccc1. The molecule has 0 bridgehead atoms. The fourth-order valence-corrected chi connectivity index (χ4v) is 4.97. The monoisotopic (exact) mass is 331 g/mol. The summed E-state index contributed by atoms with van der Waals surface area (Å²) >= 11 is 0. The molecule has 0 fully saturated rings. The van der Waals surface area contributed by atoms with E-state index in [1.54, 1.807) is 36.4 Å². The van der Waals surface area contributed by atoms with Crippen LogP contribution in [0.25, 0.3) is 0 Å². The highest BCUT2D eigenvalue weighted by Crippen LogP contribution is 2.45. The van der Waals surface area contributed by atoms with Crippen LogP contribution in [0, 0.1) is 6.92 Å². The van der Waals surface area contributed by atoms with Crippen molar-refractivity contribution in [1.82, 2.24) is 0 Å². The van der Waals surface area contributed by atoms with Crippen LogP contribution in [-0.2, 0) is 19.6 Å². The third-order valence-corrected chi connectivity index (χ3v) is 5.93. The highest BCUT2D eigenvalue weighted by Gasteiger charge is 2.44. The molecule has 0 aliphatic carbocycles. The minimum atomic E-state index is -3.70. The molecular formula is C17H17NO4S. The van der Waals surface area contributed by atoms with E-state index in [0.29, 0.717) is 11.3 Å². The number of benzene rings is 2. The largest absolute Gasteiger partial charge is 0.469 e. The first-order valence-electron chi connectivity index (χ1n) is 7.22. The zero-order chi connectivity index (χ0) is 16.6. The second-order valence-electron chi connectivity index (χ2n) is 5.42. The molecule has 0 saturated carbocycles. The molecule has 3 rings (SSSR count). The molecule has 2 aromatic carbocycles. The molecule has 1 atom stereocenters. The third-order valence-electron chi connectivity index (χ3n) is 4.04. The van der Waals surface area contributed by atoms with E-state index < -0.39 is 22.0 Å². The molecule has 120 valence electrons. The van der Waals surface area contributed by atoms with Crippen molar-refractivity contribution in [2.75, 3.05) is 11.4 Å². The quantitative estimate of drug-likeness (QED) is 0.811. The number of esters is 1. The van der Waals surface area contributed by atoms with Crippen molar-refractivity contribution in [3.8, 4) is 0 Å². The second kappa shape index (κ2) is 5.70. The summed E-state index contributed by atoms with van der Waals surface area (Å²) in [5.41, 5.74) is 2.05. The summed E-state index contributed by atoms with van der Waals surface area (Å²) in [6.07, 6.45) is -0.0253. The van der Waals surface area contributed by atoms with E-state index in [1.807, 2.05) is 19.1 Å². The van der Waals surface area contributed by atoms with Gasteiger partial charge in [0.25, 0.3) is 10.0 Å². The number of para-hydroxylation sites is 1. The van der Waals surface area contributed by atoms with Gasteiger partial charge in [-0.2, -0.15) is 0 Å². The summed E-state index contributed by atoms with van der Waals surface area (Å²) in [4.78, 5) is 12.1. The fourth-order valence-electron chi connectivity index (χ4n) is 3.02. The number of sulfonamides is 1. The van der Waals surface area contributed by atoms with Gasteiger partial charge in [-0.05, 0) is 36.2 Å². The average molecular weight is 331 g/mol. The first-order valence-corrected chi connectivity index (χ1v) is 8.66. The number of hydrogen-bond acceptors (Lipinski definition) is 4. The van der Waals surface area contributed by atoms with Crippen molar-refractivity contribution in [2.24, 2.45) is 0 Å².